The van der Waals surface area contributed by atoms with Gasteiger partial charge in [0.15, 0.2) is 5.76 Å². The van der Waals surface area contributed by atoms with Gasteiger partial charge in [-0.1, -0.05) is 18.2 Å². The molecule has 0 spiro atoms. The molecule has 1 N–H and O–H groups in total. The van der Waals surface area contributed by atoms with E-state index in [-0.39, 0.29) is 34.9 Å². The molecule has 1 aliphatic rings. The van der Waals surface area contributed by atoms with Crippen LogP contribution in [0.15, 0.2) is 53.1 Å². The highest BCUT2D eigenvalue weighted by Crippen LogP contribution is 2.40. The Morgan fingerprint density at radius 2 is 1.68 bits per heavy atom. The van der Waals surface area contributed by atoms with Gasteiger partial charge in [-0.05, 0) is 56.2 Å². The fourth-order valence-electron chi connectivity index (χ4n) is 3.80. The highest BCUT2D eigenvalue weighted by atomic mass is 19.4. The first-order chi connectivity index (χ1) is 17.6. The molecule has 0 saturated carbocycles. The summed E-state index contributed by atoms with van der Waals surface area (Å²) in [5.41, 5.74) is -1.17. The molecule has 4 rings (SSSR count). The third-order valence-electron chi connectivity index (χ3n) is 5.52. The van der Waals surface area contributed by atoms with Crippen LogP contribution in [0.2, 0.25) is 0 Å². The molecule has 2 aromatic carbocycles. The summed E-state index contributed by atoms with van der Waals surface area (Å²) in [6, 6.07) is 9.32. The van der Waals surface area contributed by atoms with Crippen LogP contribution < -0.4 is 5.32 Å². The molecule has 1 aromatic heterocycles. The van der Waals surface area contributed by atoms with Gasteiger partial charge in [0.05, 0.1) is 31.4 Å². The minimum atomic E-state index is -4.73. The second-order valence-corrected chi connectivity index (χ2v) is 9.83. The van der Waals surface area contributed by atoms with E-state index in [4.69, 9.17) is 9.15 Å². The SMILES string of the molecule is CC(C)(C)OC(=O)NCc1ncc(-c2ccc(-c3ccc(C(=O)N4CC(F)(F)C4)cc3)cc2C(F)(F)F)o1. The number of oxazole rings is 1. The van der Waals surface area contributed by atoms with Gasteiger partial charge >= 0.3 is 12.3 Å². The lowest BCUT2D eigenvalue weighted by molar-refractivity contribution is -0.137. The Hall–Kier alpha value is -3.96. The number of hydrogen-bond acceptors (Lipinski definition) is 5. The van der Waals surface area contributed by atoms with Crippen molar-refractivity contribution < 1.29 is 40.7 Å². The number of benzene rings is 2. The normalized spacial score (nSPS) is 15.1. The second kappa shape index (κ2) is 9.73. The lowest BCUT2D eigenvalue weighted by Crippen LogP contribution is -2.58. The van der Waals surface area contributed by atoms with Crippen LogP contribution in [-0.4, -0.2) is 46.5 Å². The maximum atomic E-state index is 14.0. The summed E-state index contributed by atoms with van der Waals surface area (Å²) in [5.74, 6) is -3.62. The van der Waals surface area contributed by atoms with Crippen LogP contribution in [0.25, 0.3) is 22.5 Å². The third-order valence-corrected chi connectivity index (χ3v) is 5.52. The van der Waals surface area contributed by atoms with Gasteiger partial charge in [0, 0.05) is 11.1 Å². The largest absolute Gasteiger partial charge is 0.444 e. The maximum absolute atomic E-state index is 14.0. The first kappa shape index (κ1) is 27.1. The van der Waals surface area contributed by atoms with E-state index in [2.05, 4.69) is 10.3 Å². The van der Waals surface area contributed by atoms with Crippen molar-refractivity contribution in [1.82, 2.24) is 15.2 Å². The Bertz CT molecular complexity index is 1340. The molecule has 0 unspecified atom stereocenters. The quantitative estimate of drug-likeness (QED) is 0.395. The zero-order valence-corrected chi connectivity index (χ0v) is 20.7. The minimum absolute atomic E-state index is 0.0109. The summed E-state index contributed by atoms with van der Waals surface area (Å²) >= 11 is 0. The van der Waals surface area contributed by atoms with E-state index >= 15 is 0 Å². The van der Waals surface area contributed by atoms with Crippen LogP contribution in [0.4, 0.5) is 26.7 Å². The van der Waals surface area contributed by atoms with Crippen molar-refractivity contribution in [2.75, 3.05) is 13.1 Å². The molecule has 202 valence electrons. The molecular weight excluding hydrogens is 513 g/mol. The van der Waals surface area contributed by atoms with Crippen molar-refractivity contribution in [3.63, 3.8) is 0 Å². The lowest BCUT2D eigenvalue weighted by Gasteiger charge is -2.38. The first-order valence-electron chi connectivity index (χ1n) is 11.5. The molecule has 12 heteroatoms. The van der Waals surface area contributed by atoms with Crippen LogP contribution in [0.1, 0.15) is 42.6 Å². The molecular formula is C26H24F5N3O4. The van der Waals surface area contributed by atoms with Gasteiger partial charge < -0.3 is 19.4 Å². The minimum Gasteiger partial charge on any atom is -0.444 e. The number of likely N-dealkylation sites (tertiary alicyclic amines) is 1. The lowest BCUT2D eigenvalue weighted by atomic mass is 9.97. The van der Waals surface area contributed by atoms with Crippen LogP contribution in [0.3, 0.4) is 0 Å². The van der Waals surface area contributed by atoms with E-state index in [1.165, 1.54) is 36.4 Å². The van der Waals surface area contributed by atoms with Crippen LogP contribution in [0, 0.1) is 0 Å². The van der Waals surface area contributed by atoms with E-state index in [0.29, 0.717) is 5.56 Å². The summed E-state index contributed by atoms with van der Waals surface area (Å²) in [5, 5.41) is 2.42. The number of alkyl carbamates (subject to hydrolysis) is 1. The standard InChI is InChI=1S/C26H24F5N3O4/c1-24(2,3)38-23(36)33-12-21-32-11-20(37-21)18-9-8-17(10-19(18)26(29,30)31)15-4-6-16(7-5-15)22(35)34-13-25(27,28)14-34/h4-11H,12-14H2,1-3H3,(H,33,36). The molecule has 0 aliphatic carbocycles. The number of alkyl halides is 5. The first-order valence-corrected chi connectivity index (χ1v) is 11.5. The number of halogens is 5. The zero-order chi connectivity index (χ0) is 27.9. The monoisotopic (exact) mass is 537 g/mol. The van der Waals surface area contributed by atoms with Crippen molar-refractivity contribution in [3.05, 3.63) is 65.7 Å². The molecule has 3 aromatic rings. The van der Waals surface area contributed by atoms with Gasteiger partial charge in [-0.15, -0.1) is 0 Å². The summed E-state index contributed by atoms with van der Waals surface area (Å²) in [7, 11) is 0. The molecule has 1 fully saturated rings. The number of hydrogen-bond donors (Lipinski definition) is 1. The fraction of sp³-hybridized carbons (Fsp3) is 0.346. The molecule has 7 nitrogen and oxygen atoms in total. The molecule has 0 bridgehead atoms. The second-order valence-electron chi connectivity index (χ2n) is 9.83. The number of nitrogens with zero attached hydrogens (tertiary/aromatic N) is 2. The van der Waals surface area contributed by atoms with Crippen LogP contribution >= 0.6 is 0 Å². The third kappa shape index (κ3) is 6.29. The Kier molecular flexibility index (Phi) is 6.94. The van der Waals surface area contributed by atoms with Gasteiger partial charge in [0.25, 0.3) is 11.8 Å². The van der Waals surface area contributed by atoms with Gasteiger partial charge in [0.2, 0.25) is 5.89 Å². The number of nitrogens with one attached hydrogen (secondary N) is 1. The smallest absolute Gasteiger partial charge is 0.417 e. The highest BCUT2D eigenvalue weighted by Gasteiger charge is 2.46. The van der Waals surface area contributed by atoms with Crippen molar-refractivity contribution >= 4 is 12.0 Å². The Labute approximate surface area is 214 Å². The van der Waals surface area contributed by atoms with E-state index in [9.17, 15) is 31.5 Å². The number of aromatic nitrogens is 1. The average Bonchev–Trinajstić information content (AvgIpc) is 3.28. The average molecular weight is 537 g/mol. The molecule has 0 atom stereocenters. The number of carbonyl (C=O) groups excluding carboxylic acids is 2. The Morgan fingerprint density at radius 3 is 2.26 bits per heavy atom. The predicted molar refractivity (Wildman–Crippen MR) is 126 cm³/mol. The maximum Gasteiger partial charge on any atom is 0.417 e. The summed E-state index contributed by atoms with van der Waals surface area (Å²) in [6.07, 6.45) is -4.32. The van der Waals surface area contributed by atoms with E-state index < -0.39 is 48.4 Å². The number of ether oxygens (including phenoxy) is 1. The predicted octanol–water partition coefficient (Wildman–Crippen LogP) is 6.14. The van der Waals surface area contributed by atoms with Crippen molar-refractivity contribution in [2.24, 2.45) is 0 Å². The molecule has 2 amide bonds. The molecule has 2 heterocycles. The van der Waals surface area contributed by atoms with Crippen LogP contribution in [0.5, 0.6) is 0 Å². The Balaban J connectivity index is 1.52. The van der Waals surface area contributed by atoms with Crippen LogP contribution in [-0.2, 0) is 17.5 Å². The Morgan fingerprint density at radius 1 is 1.05 bits per heavy atom. The van der Waals surface area contributed by atoms with Gasteiger partial charge in [-0.2, -0.15) is 13.2 Å². The van der Waals surface area contributed by atoms with Crippen molar-refractivity contribution in [3.8, 4) is 22.5 Å². The highest BCUT2D eigenvalue weighted by molar-refractivity contribution is 5.95. The fourth-order valence-corrected chi connectivity index (χ4v) is 3.80. The van der Waals surface area contributed by atoms with Gasteiger partial charge in [-0.25, -0.2) is 18.6 Å². The summed E-state index contributed by atoms with van der Waals surface area (Å²) < 4.78 is 78.5. The molecule has 0 radical (unpaired) electrons. The van der Waals surface area contributed by atoms with E-state index in [0.717, 1.165) is 17.2 Å². The number of carbonyl (C=O) groups is 2. The molecule has 1 saturated heterocycles. The number of rotatable bonds is 5. The molecule has 1 aliphatic heterocycles. The van der Waals surface area contributed by atoms with Gasteiger partial charge in [0.1, 0.15) is 5.60 Å². The van der Waals surface area contributed by atoms with Crippen molar-refractivity contribution in [1.29, 1.82) is 0 Å². The van der Waals surface area contributed by atoms with E-state index in [1.54, 1.807) is 20.8 Å². The van der Waals surface area contributed by atoms with Gasteiger partial charge in [-0.3, -0.25) is 4.79 Å². The number of amides is 2. The molecule has 38 heavy (non-hydrogen) atoms. The zero-order valence-electron chi connectivity index (χ0n) is 20.7. The van der Waals surface area contributed by atoms with Crippen molar-refractivity contribution in [2.45, 2.75) is 45.0 Å². The summed E-state index contributed by atoms with van der Waals surface area (Å²) in [6.45, 7) is 3.54. The summed E-state index contributed by atoms with van der Waals surface area (Å²) in [4.78, 5) is 29.0. The van der Waals surface area contributed by atoms with E-state index in [1.807, 2.05) is 0 Å². The topological polar surface area (TPSA) is 84.7 Å².